The summed E-state index contributed by atoms with van der Waals surface area (Å²) < 4.78 is 31.1. The van der Waals surface area contributed by atoms with Crippen LogP contribution >= 0.6 is 23.2 Å². The molecule has 0 saturated heterocycles. The van der Waals surface area contributed by atoms with E-state index < -0.39 is 28.0 Å². The highest BCUT2D eigenvalue weighted by atomic mass is 35.5. The van der Waals surface area contributed by atoms with Crippen molar-refractivity contribution in [3.63, 3.8) is 0 Å². The van der Waals surface area contributed by atoms with Crippen molar-refractivity contribution in [2.24, 2.45) is 0 Å². The average Bonchev–Trinajstić information content (AvgIpc) is 2.59. The van der Waals surface area contributed by atoms with Gasteiger partial charge in [-0.25, -0.2) is 8.42 Å². The van der Waals surface area contributed by atoms with Crippen molar-refractivity contribution in [1.82, 2.24) is 5.32 Å². The normalized spacial score (nSPS) is 13.5. The molecule has 28 heavy (non-hydrogen) atoms. The Morgan fingerprint density at radius 3 is 2.21 bits per heavy atom. The van der Waals surface area contributed by atoms with Gasteiger partial charge < -0.3 is 10.1 Å². The molecule has 0 spiro atoms. The van der Waals surface area contributed by atoms with E-state index in [1.54, 1.807) is 20.1 Å². The Labute approximate surface area is 175 Å². The molecule has 0 fully saturated rings. The van der Waals surface area contributed by atoms with Crippen LogP contribution in [0.25, 0.3) is 0 Å². The maximum Gasteiger partial charge on any atom is 0.244 e. The fourth-order valence-electron chi connectivity index (χ4n) is 2.91. The minimum atomic E-state index is -3.78. The minimum Gasteiger partial charge on any atom is -0.496 e. The molecule has 0 unspecified atom stereocenters. The molecule has 6 nitrogen and oxygen atoms in total. The lowest BCUT2D eigenvalue weighted by Crippen LogP contribution is -2.48. The number of amides is 1. The number of hydrogen-bond donors (Lipinski definition) is 1. The van der Waals surface area contributed by atoms with Crippen LogP contribution in [0.4, 0.5) is 5.69 Å². The van der Waals surface area contributed by atoms with Gasteiger partial charge in [0, 0.05) is 15.6 Å². The van der Waals surface area contributed by atoms with Crippen LogP contribution in [0.5, 0.6) is 5.75 Å². The summed E-state index contributed by atoms with van der Waals surface area (Å²) in [5.74, 6) is 0.157. The zero-order valence-corrected chi connectivity index (χ0v) is 18.3. The molecule has 0 saturated carbocycles. The van der Waals surface area contributed by atoms with Crippen LogP contribution in [-0.4, -0.2) is 33.7 Å². The lowest BCUT2D eigenvalue weighted by atomic mass is 10.1. The van der Waals surface area contributed by atoms with Crippen molar-refractivity contribution in [2.45, 2.75) is 25.9 Å². The maximum atomic E-state index is 12.8. The van der Waals surface area contributed by atoms with Crippen LogP contribution in [-0.2, 0) is 14.8 Å². The second kappa shape index (κ2) is 9.03. The summed E-state index contributed by atoms with van der Waals surface area (Å²) >= 11 is 12.0. The molecule has 2 aromatic rings. The molecular weight excluding hydrogens is 423 g/mol. The van der Waals surface area contributed by atoms with Gasteiger partial charge >= 0.3 is 0 Å². The number of carbonyl (C=O) groups is 1. The maximum absolute atomic E-state index is 12.8. The topological polar surface area (TPSA) is 75.7 Å². The lowest BCUT2D eigenvalue weighted by Gasteiger charge is -2.29. The summed E-state index contributed by atoms with van der Waals surface area (Å²) in [6.45, 7) is 3.30. The predicted molar refractivity (Wildman–Crippen MR) is 113 cm³/mol. The number of carbonyl (C=O) groups excluding carboxylic acids is 1. The molecule has 0 bridgehead atoms. The highest BCUT2D eigenvalue weighted by Gasteiger charge is 2.30. The van der Waals surface area contributed by atoms with E-state index >= 15 is 0 Å². The first-order valence-corrected chi connectivity index (χ1v) is 11.0. The number of halogens is 2. The van der Waals surface area contributed by atoms with Gasteiger partial charge in [0.25, 0.3) is 0 Å². The van der Waals surface area contributed by atoms with Gasteiger partial charge in [0.05, 0.1) is 25.1 Å². The Hall–Kier alpha value is -1.96. The average molecular weight is 445 g/mol. The molecule has 9 heteroatoms. The van der Waals surface area contributed by atoms with Gasteiger partial charge in [-0.15, -0.1) is 0 Å². The van der Waals surface area contributed by atoms with E-state index in [1.165, 1.54) is 25.1 Å². The van der Waals surface area contributed by atoms with Crippen LogP contribution in [0.2, 0.25) is 10.0 Å². The number of para-hydroxylation sites is 1. The predicted octanol–water partition coefficient (Wildman–Crippen LogP) is 4.03. The first-order chi connectivity index (χ1) is 13.0. The van der Waals surface area contributed by atoms with E-state index in [9.17, 15) is 13.2 Å². The van der Waals surface area contributed by atoms with Crippen LogP contribution < -0.4 is 14.4 Å². The number of sulfonamides is 1. The number of rotatable bonds is 7. The van der Waals surface area contributed by atoms with Crippen molar-refractivity contribution in [3.05, 3.63) is 58.1 Å². The molecule has 0 aliphatic heterocycles. The number of hydrogen-bond acceptors (Lipinski definition) is 4. The molecule has 0 radical (unpaired) electrons. The largest absolute Gasteiger partial charge is 0.496 e. The van der Waals surface area contributed by atoms with Gasteiger partial charge in [0.1, 0.15) is 11.8 Å². The standard InChI is InChI=1S/C19H22Cl2N2O4S/c1-12(17-7-5-6-8-18(17)27-3)22-19(24)13(2)23(28(4,25)26)16-10-14(20)9-15(21)11-16/h5-13H,1-4H3,(H,22,24)/t12-,13+/m1/s1. The summed E-state index contributed by atoms with van der Waals surface area (Å²) in [7, 11) is -2.23. The van der Waals surface area contributed by atoms with Crippen molar-refractivity contribution >= 4 is 44.8 Å². The quantitative estimate of drug-likeness (QED) is 0.698. The number of anilines is 1. The van der Waals surface area contributed by atoms with Crippen molar-refractivity contribution in [2.75, 3.05) is 17.7 Å². The molecule has 0 heterocycles. The van der Waals surface area contributed by atoms with E-state index in [0.717, 1.165) is 16.1 Å². The van der Waals surface area contributed by atoms with Gasteiger partial charge in [0.15, 0.2) is 0 Å². The third kappa shape index (κ3) is 5.31. The summed E-state index contributed by atoms with van der Waals surface area (Å²) in [5, 5.41) is 3.37. The third-order valence-electron chi connectivity index (χ3n) is 4.15. The second-order valence-electron chi connectivity index (χ2n) is 6.33. The Morgan fingerprint density at radius 1 is 1.11 bits per heavy atom. The van der Waals surface area contributed by atoms with E-state index in [4.69, 9.17) is 27.9 Å². The SMILES string of the molecule is COc1ccccc1[C@@H](C)NC(=O)[C@H](C)N(c1cc(Cl)cc(Cl)c1)S(C)(=O)=O. The fraction of sp³-hybridized carbons (Fsp3) is 0.316. The van der Waals surface area contributed by atoms with Crippen LogP contribution in [0.3, 0.4) is 0 Å². The Balaban J connectivity index is 2.31. The monoisotopic (exact) mass is 444 g/mol. The van der Waals surface area contributed by atoms with Gasteiger partial charge in [-0.2, -0.15) is 0 Å². The Morgan fingerprint density at radius 2 is 1.68 bits per heavy atom. The molecular formula is C19H22Cl2N2O4S. The lowest BCUT2D eigenvalue weighted by molar-refractivity contribution is -0.122. The number of nitrogens with one attached hydrogen (secondary N) is 1. The molecule has 0 aliphatic rings. The smallest absolute Gasteiger partial charge is 0.244 e. The summed E-state index contributed by atoms with van der Waals surface area (Å²) in [4.78, 5) is 12.8. The van der Waals surface area contributed by atoms with Gasteiger partial charge in [-0.05, 0) is 38.1 Å². The summed E-state index contributed by atoms with van der Waals surface area (Å²) in [6, 6.07) is 10.2. The second-order valence-corrected chi connectivity index (χ2v) is 9.07. The first kappa shape index (κ1) is 22.3. The fourth-order valence-corrected chi connectivity index (χ4v) is 4.58. The molecule has 0 aliphatic carbocycles. The summed E-state index contributed by atoms with van der Waals surface area (Å²) in [5.41, 5.74) is 0.995. The van der Waals surface area contributed by atoms with Crippen molar-refractivity contribution in [1.29, 1.82) is 0 Å². The zero-order chi connectivity index (χ0) is 21.1. The molecule has 2 aromatic carbocycles. The van der Waals surface area contributed by atoms with E-state index in [0.29, 0.717) is 5.75 Å². The highest BCUT2D eigenvalue weighted by Crippen LogP contribution is 2.29. The van der Waals surface area contributed by atoms with E-state index in [2.05, 4.69) is 5.32 Å². The van der Waals surface area contributed by atoms with Gasteiger partial charge in [0.2, 0.25) is 15.9 Å². The number of ether oxygens (including phenoxy) is 1. The number of benzene rings is 2. The van der Waals surface area contributed by atoms with Gasteiger partial charge in [-0.3, -0.25) is 9.10 Å². The minimum absolute atomic E-state index is 0.215. The van der Waals surface area contributed by atoms with Crippen LogP contribution in [0, 0.1) is 0 Å². The molecule has 1 amide bonds. The molecule has 2 atom stereocenters. The van der Waals surface area contributed by atoms with E-state index in [1.807, 2.05) is 18.2 Å². The Bertz CT molecular complexity index is 946. The third-order valence-corrected chi connectivity index (χ3v) is 5.83. The molecule has 0 aromatic heterocycles. The zero-order valence-electron chi connectivity index (χ0n) is 15.9. The molecule has 1 N–H and O–H groups in total. The number of nitrogens with zero attached hydrogens (tertiary/aromatic N) is 1. The molecule has 152 valence electrons. The van der Waals surface area contributed by atoms with Crippen LogP contribution in [0.1, 0.15) is 25.5 Å². The first-order valence-electron chi connectivity index (χ1n) is 8.43. The van der Waals surface area contributed by atoms with Crippen molar-refractivity contribution in [3.8, 4) is 5.75 Å². The molecule has 2 rings (SSSR count). The van der Waals surface area contributed by atoms with Crippen molar-refractivity contribution < 1.29 is 17.9 Å². The van der Waals surface area contributed by atoms with Gasteiger partial charge in [-0.1, -0.05) is 41.4 Å². The number of methoxy groups -OCH3 is 1. The Kier molecular flexibility index (Phi) is 7.20. The van der Waals surface area contributed by atoms with Crippen LogP contribution in [0.15, 0.2) is 42.5 Å². The highest BCUT2D eigenvalue weighted by molar-refractivity contribution is 7.92. The van der Waals surface area contributed by atoms with E-state index in [-0.39, 0.29) is 15.7 Å². The summed E-state index contributed by atoms with van der Waals surface area (Å²) in [6.07, 6.45) is 1.02.